The van der Waals surface area contributed by atoms with Gasteiger partial charge in [0.05, 0.1) is 13.7 Å². The van der Waals surface area contributed by atoms with E-state index in [9.17, 15) is 13.6 Å². The van der Waals surface area contributed by atoms with Crippen LogP contribution in [-0.4, -0.2) is 19.7 Å². The van der Waals surface area contributed by atoms with Crippen LogP contribution in [0.15, 0.2) is 12.1 Å². The van der Waals surface area contributed by atoms with Gasteiger partial charge >= 0.3 is 5.97 Å². The first kappa shape index (κ1) is 11.4. The number of hydrogen-bond donors (Lipinski definition) is 0. The molecule has 15 heavy (non-hydrogen) atoms. The molecule has 0 aromatic heterocycles. The van der Waals surface area contributed by atoms with E-state index in [0.29, 0.717) is 0 Å². The molecule has 1 aromatic rings. The van der Waals surface area contributed by atoms with Gasteiger partial charge in [0.1, 0.15) is 11.4 Å². The first-order chi connectivity index (χ1) is 7.10. The van der Waals surface area contributed by atoms with Gasteiger partial charge in [-0.25, -0.2) is 13.6 Å². The van der Waals surface area contributed by atoms with Crippen LogP contribution in [0.5, 0.6) is 5.75 Å². The topological polar surface area (TPSA) is 35.5 Å². The average molecular weight is 216 g/mol. The summed E-state index contributed by atoms with van der Waals surface area (Å²) >= 11 is 0. The third-order valence-corrected chi connectivity index (χ3v) is 1.72. The predicted molar refractivity (Wildman–Crippen MR) is 48.9 cm³/mol. The minimum atomic E-state index is -0.919. The standard InChI is InChI=1S/C10H10F2O3/c1-3-15-10(13)7-4-6(11)5-8(14-2)9(7)12/h4-5H,3H2,1-2H3. The van der Waals surface area contributed by atoms with Gasteiger partial charge in [0.2, 0.25) is 0 Å². The molecule has 0 unspecified atom stereocenters. The van der Waals surface area contributed by atoms with E-state index >= 15 is 0 Å². The van der Waals surface area contributed by atoms with E-state index in [1.54, 1.807) is 6.92 Å². The molecule has 0 atom stereocenters. The molecular formula is C10H10F2O3. The van der Waals surface area contributed by atoms with Gasteiger partial charge in [-0.1, -0.05) is 0 Å². The molecule has 0 aliphatic carbocycles. The summed E-state index contributed by atoms with van der Waals surface area (Å²) in [6, 6.07) is 1.63. The third kappa shape index (κ3) is 2.43. The van der Waals surface area contributed by atoms with Crippen LogP contribution < -0.4 is 4.74 Å². The molecule has 1 aromatic carbocycles. The third-order valence-electron chi connectivity index (χ3n) is 1.72. The molecule has 0 spiro atoms. The summed E-state index contributed by atoms with van der Waals surface area (Å²) in [4.78, 5) is 11.2. The van der Waals surface area contributed by atoms with Crippen LogP contribution in [0.2, 0.25) is 0 Å². The van der Waals surface area contributed by atoms with Crippen molar-refractivity contribution >= 4 is 5.97 Å². The molecule has 0 radical (unpaired) electrons. The largest absolute Gasteiger partial charge is 0.494 e. The summed E-state index contributed by atoms with van der Waals surface area (Å²) in [6.07, 6.45) is 0. The molecular weight excluding hydrogens is 206 g/mol. The maximum Gasteiger partial charge on any atom is 0.341 e. The van der Waals surface area contributed by atoms with Crippen molar-refractivity contribution in [2.45, 2.75) is 6.92 Å². The Balaban J connectivity index is 3.17. The maximum atomic E-state index is 13.4. The fraction of sp³-hybridized carbons (Fsp3) is 0.300. The molecule has 0 amide bonds. The van der Waals surface area contributed by atoms with Crippen LogP contribution in [0, 0.1) is 11.6 Å². The molecule has 5 heteroatoms. The van der Waals surface area contributed by atoms with E-state index in [1.807, 2.05) is 0 Å². The van der Waals surface area contributed by atoms with E-state index in [0.717, 1.165) is 12.1 Å². The molecule has 0 heterocycles. The zero-order chi connectivity index (χ0) is 11.4. The van der Waals surface area contributed by atoms with Crippen molar-refractivity contribution in [2.75, 3.05) is 13.7 Å². The van der Waals surface area contributed by atoms with E-state index < -0.39 is 23.2 Å². The Kier molecular flexibility index (Phi) is 3.60. The lowest BCUT2D eigenvalue weighted by Gasteiger charge is -2.07. The summed E-state index contributed by atoms with van der Waals surface area (Å²) < 4.78 is 35.5. The molecule has 0 aliphatic rings. The lowest BCUT2D eigenvalue weighted by molar-refractivity contribution is 0.0519. The fourth-order valence-electron chi connectivity index (χ4n) is 1.07. The highest BCUT2D eigenvalue weighted by Crippen LogP contribution is 2.22. The molecule has 0 saturated heterocycles. The van der Waals surface area contributed by atoms with Gasteiger partial charge in [-0.2, -0.15) is 0 Å². The Morgan fingerprint density at radius 1 is 1.40 bits per heavy atom. The number of hydrogen-bond acceptors (Lipinski definition) is 3. The van der Waals surface area contributed by atoms with Crippen LogP contribution in [-0.2, 0) is 4.74 Å². The van der Waals surface area contributed by atoms with Gasteiger partial charge in [-0.05, 0) is 13.0 Å². The molecule has 82 valence electrons. The molecule has 0 aliphatic heterocycles. The Morgan fingerprint density at radius 2 is 2.07 bits per heavy atom. The SMILES string of the molecule is CCOC(=O)c1cc(F)cc(OC)c1F. The summed E-state index contributed by atoms with van der Waals surface area (Å²) in [5.41, 5.74) is -0.464. The van der Waals surface area contributed by atoms with Crippen molar-refractivity contribution in [3.05, 3.63) is 29.3 Å². The van der Waals surface area contributed by atoms with Crippen molar-refractivity contribution in [1.29, 1.82) is 0 Å². The number of ether oxygens (including phenoxy) is 2. The van der Waals surface area contributed by atoms with Crippen molar-refractivity contribution in [3.8, 4) is 5.75 Å². The number of methoxy groups -OCH3 is 1. The number of carbonyl (C=O) groups is 1. The Morgan fingerprint density at radius 3 is 2.60 bits per heavy atom. The van der Waals surface area contributed by atoms with Crippen molar-refractivity contribution in [3.63, 3.8) is 0 Å². The first-order valence-electron chi connectivity index (χ1n) is 4.30. The van der Waals surface area contributed by atoms with Crippen LogP contribution in [0.25, 0.3) is 0 Å². The summed E-state index contributed by atoms with van der Waals surface area (Å²) in [6.45, 7) is 1.67. The van der Waals surface area contributed by atoms with E-state index in [2.05, 4.69) is 9.47 Å². The summed E-state index contributed by atoms with van der Waals surface area (Å²) in [7, 11) is 1.19. The molecule has 1 rings (SSSR count). The number of carbonyl (C=O) groups excluding carboxylic acids is 1. The molecule has 0 bridgehead atoms. The van der Waals surface area contributed by atoms with Crippen molar-refractivity contribution < 1.29 is 23.0 Å². The molecule has 0 saturated carbocycles. The molecule has 3 nitrogen and oxygen atoms in total. The average Bonchev–Trinajstić information content (AvgIpc) is 2.21. The zero-order valence-electron chi connectivity index (χ0n) is 8.34. The normalized spacial score (nSPS) is 9.87. The van der Waals surface area contributed by atoms with Crippen LogP contribution in [0.1, 0.15) is 17.3 Å². The zero-order valence-corrected chi connectivity index (χ0v) is 8.34. The van der Waals surface area contributed by atoms with Crippen LogP contribution in [0.4, 0.5) is 8.78 Å². The van der Waals surface area contributed by atoms with E-state index in [1.165, 1.54) is 7.11 Å². The van der Waals surface area contributed by atoms with Crippen molar-refractivity contribution in [2.24, 2.45) is 0 Å². The highest BCUT2D eigenvalue weighted by atomic mass is 19.1. The monoisotopic (exact) mass is 216 g/mol. The van der Waals surface area contributed by atoms with Crippen LogP contribution in [0.3, 0.4) is 0 Å². The summed E-state index contributed by atoms with van der Waals surface area (Å²) in [5.74, 6) is -2.90. The lowest BCUT2D eigenvalue weighted by Crippen LogP contribution is -2.08. The van der Waals surface area contributed by atoms with Crippen LogP contribution >= 0.6 is 0 Å². The van der Waals surface area contributed by atoms with Gasteiger partial charge in [0, 0.05) is 6.07 Å². The van der Waals surface area contributed by atoms with Gasteiger partial charge in [-0.3, -0.25) is 0 Å². The maximum absolute atomic E-state index is 13.4. The smallest absolute Gasteiger partial charge is 0.341 e. The first-order valence-corrected chi connectivity index (χ1v) is 4.30. The van der Waals surface area contributed by atoms with Gasteiger partial charge in [0.15, 0.2) is 11.6 Å². The van der Waals surface area contributed by atoms with E-state index in [4.69, 9.17) is 0 Å². The second kappa shape index (κ2) is 4.72. The number of benzene rings is 1. The van der Waals surface area contributed by atoms with Gasteiger partial charge in [-0.15, -0.1) is 0 Å². The van der Waals surface area contributed by atoms with Crippen molar-refractivity contribution in [1.82, 2.24) is 0 Å². The number of halogens is 2. The molecule has 0 N–H and O–H groups in total. The lowest BCUT2D eigenvalue weighted by atomic mass is 10.2. The van der Waals surface area contributed by atoms with Gasteiger partial charge in [0.25, 0.3) is 0 Å². The minimum Gasteiger partial charge on any atom is -0.494 e. The molecule has 0 fully saturated rings. The Bertz CT molecular complexity index is 377. The second-order valence-corrected chi connectivity index (χ2v) is 2.69. The second-order valence-electron chi connectivity index (χ2n) is 2.69. The van der Waals surface area contributed by atoms with Gasteiger partial charge < -0.3 is 9.47 Å². The fourth-order valence-corrected chi connectivity index (χ4v) is 1.07. The van der Waals surface area contributed by atoms with E-state index in [-0.39, 0.29) is 12.4 Å². The minimum absolute atomic E-state index is 0.0943. The number of rotatable bonds is 3. The predicted octanol–water partition coefficient (Wildman–Crippen LogP) is 2.15. The Labute approximate surface area is 85.6 Å². The Hall–Kier alpha value is -1.65. The highest BCUT2D eigenvalue weighted by Gasteiger charge is 2.18. The highest BCUT2D eigenvalue weighted by molar-refractivity contribution is 5.90. The number of esters is 1. The quantitative estimate of drug-likeness (QED) is 0.726. The summed E-state index contributed by atoms with van der Waals surface area (Å²) in [5, 5.41) is 0.